The molecule has 1 heterocycles. The first-order chi connectivity index (χ1) is 8.68. The lowest BCUT2D eigenvalue weighted by Crippen LogP contribution is -2.22. The van der Waals surface area contributed by atoms with Crippen molar-refractivity contribution in [3.63, 3.8) is 0 Å². The fourth-order valence-corrected chi connectivity index (χ4v) is 1.95. The number of carboxylic acid groups (broad SMARTS) is 1. The predicted octanol–water partition coefficient (Wildman–Crippen LogP) is 2.33. The lowest BCUT2D eigenvalue weighted by Gasteiger charge is -2.22. The van der Waals surface area contributed by atoms with Crippen molar-refractivity contribution in [2.24, 2.45) is 5.92 Å². The zero-order chi connectivity index (χ0) is 13.0. The second-order valence-corrected chi connectivity index (χ2v) is 4.28. The highest BCUT2D eigenvalue weighted by atomic mass is 19.1. The van der Waals surface area contributed by atoms with E-state index in [2.05, 4.69) is 0 Å². The minimum atomic E-state index is -1.31. The molecule has 4 nitrogen and oxygen atoms in total. The summed E-state index contributed by atoms with van der Waals surface area (Å²) in [4.78, 5) is 11.0. The largest absolute Gasteiger partial charge is 0.492 e. The van der Waals surface area contributed by atoms with Crippen LogP contribution >= 0.6 is 0 Å². The van der Waals surface area contributed by atoms with Gasteiger partial charge >= 0.3 is 5.97 Å². The molecule has 0 saturated carbocycles. The van der Waals surface area contributed by atoms with E-state index >= 15 is 0 Å². The molecule has 1 aromatic carbocycles. The summed E-state index contributed by atoms with van der Waals surface area (Å²) >= 11 is 0. The summed E-state index contributed by atoms with van der Waals surface area (Å²) in [7, 11) is 0. The van der Waals surface area contributed by atoms with Gasteiger partial charge in [0.2, 0.25) is 0 Å². The van der Waals surface area contributed by atoms with Crippen LogP contribution in [0.2, 0.25) is 0 Å². The summed E-state index contributed by atoms with van der Waals surface area (Å²) in [6.45, 7) is 1.79. The number of rotatable bonds is 4. The minimum absolute atomic E-state index is 0.0917. The first-order valence-corrected chi connectivity index (χ1v) is 5.91. The molecule has 1 aliphatic heterocycles. The number of carbonyl (C=O) groups is 1. The van der Waals surface area contributed by atoms with Gasteiger partial charge in [-0.25, -0.2) is 9.18 Å². The van der Waals surface area contributed by atoms with Crippen LogP contribution in [0.3, 0.4) is 0 Å². The number of hydrogen-bond acceptors (Lipinski definition) is 3. The zero-order valence-corrected chi connectivity index (χ0v) is 9.89. The van der Waals surface area contributed by atoms with E-state index in [4.69, 9.17) is 14.6 Å². The highest BCUT2D eigenvalue weighted by Crippen LogP contribution is 2.23. The smallest absolute Gasteiger partial charge is 0.342 e. The van der Waals surface area contributed by atoms with Gasteiger partial charge in [0.1, 0.15) is 17.1 Å². The van der Waals surface area contributed by atoms with E-state index < -0.39 is 17.3 Å². The van der Waals surface area contributed by atoms with Gasteiger partial charge in [-0.05, 0) is 30.9 Å². The lowest BCUT2D eigenvalue weighted by atomic mass is 10.0. The van der Waals surface area contributed by atoms with Crippen LogP contribution in [-0.2, 0) is 4.74 Å². The number of ether oxygens (including phenoxy) is 2. The first kappa shape index (κ1) is 12.8. The second kappa shape index (κ2) is 5.82. The van der Waals surface area contributed by atoms with Crippen LogP contribution < -0.4 is 4.74 Å². The van der Waals surface area contributed by atoms with Crippen LogP contribution in [0.4, 0.5) is 4.39 Å². The van der Waals surface area contributed by atoms with Crippen molar-refractivity contribution in [1.29, 1.82) is 0 Å². The SMILES string of the molecule is O=C(O)c1c(F)cccc1OCC1CCOCC1. The average Bonchev–Trinajstić information content (AvgIpc) is 2.37. The third-order valence-corrected chi connectivity index (χ3v) is 3.00. The average molecular weight is 254 g/mol. The summed E-state index contributed by atoms with van der Waals surface area (Å²) < 4.78 is 24.1. The Balaban J connectivity index is 2.04. The van der Waals surface area contributed by atoms with Gasteiger partial charge in [0.15, 0.2) is 0 Å². The Hall–Kier alpha value is -1.62. The molecule has 1 fully saturated rings. The number of halogens is 1. The van der Waals surface area contributed by atoms with Gasteiger partial charge in [-0.15, -0.1) is 0 Å². The van der Waals surface area contributed by atoms with E-state index in [9.17, 15) is 9.18 Å². The molecule has 1 aromatic rings. The van der Waals surface area contributed by atoms with Crippen LogP contribution in [0.25, 0.3) is 0 Å². The molecular formula is C13H15FO4. The van der Waals surface area contributed by atoms with Crippen molar-refractivity contribution in [3.8, 4) is 5.75 Å². The minimum Gasteiger partial charge on any atom is -0.492 e. The Morgan fingerprint density at radius 2 is 2.17 bits per heavy atom. The monoisotopic (exact) mass is 254 g/mol. The molecule has 0 amide bonds. The molecule has 2 rings (SSSR count). The topological polar surface area (TPSA) is 55.8 Å². The Labute approximate surface area is 104 Å². The number of benzene rings is 1. The number of aromatic carboxylic acids is 1. The molecular weight excluding hydrogens is 239 g/mol. The zero-order valence-electron chi connectivity index (χ0n) is 9.89. The van der Waals surface area contributed by atoms with Crippen LogP contribution in [0.5, 0.6) is 5.75 Å². The fourth-order valence-electron chi connectivity index (χ4n) is 1.95. The molecule has 0 aliphatic carbocycles. The molecule has 0 aromatic heterocycles. The van der Waals surface area contributed by atoms with Crippen molar-refractivity contribution >= 4 is 5.97 Å². The maximum Gasteiger partial charge on any atom is 0.342 e. The second-order valence-electron chi connectivity index (χ2n) is 4.28. The molecule has 0 unspecified atom stereocenters. The van der Waals surface area contributed by atoms with E-state index in [1.165, 1.54) is 12.1 Å². The molecule has 0 bridgehead atoms. The lowest BCUT2D eigenvalue weighted by molar-refractivity contribution is 0.0489. The van der Waals surface area contributed by atoms with Crippen LogP contribution in [0.1, 0.15) is 23.2 Å². The van der Waals surface area contributed by atoms with E-state index in [1.807, 2.05) is 0 Å². The normalized spacial score (nSPS) is 16.5. The summed E-state index contributed by atoms with van der Waals surface area (Å²) in [5.41, 5.74) is -0.399. The summed E-state index contributed by atoms with van der Waals surface area (Å²) in [6, 6.07) is 4.04. The van der Waals surface area contributed by atoms with Crippen LogP contribution in [-0.4, -0.2) is 30.9 Å². The maximum atomic E-state index is 13.4. The van der Waals surface area contributed by atoms with Crippen molar-refractivity contribution in [2.45, 2.75) is 12.8 Å². The summed E-state index contributed by atoms with van der Waals surface area (Å²) in [5, 5.41) is 8.94. The van der Waals surface area contributed by atoms with E-state index in [0.29, 0.717) is 25.7 Å². The molecule has 98 valence electrons. The Kier molecular flexibility index (Phi) is 4.15. The maximum absolute atomic E-state index is 13.4. The third kappa shape index (κ3) is 2.98. The fraction of sp³-hybridized carbons (Fsp3) is 0.462. The molecule has 0 radical (unpaired) electrons. The van der Waals surface area contributed by atoms with E-state index in [-0.39, 0.29) is 5.75 Å². The van der Waals surface area contributed by atoms with Gasteiger partial charge in [-0.2, -0.15) is 0 Å². The molecule has 1 aliphatic rings. The van der Waals surface area contributed by atoms with Gasteiger partial charge in [0.25, 0.3) is 0 Å². The van der Waals surface area contributed by atoms with Gasteiger partial charge in [-0.1, -0.05) is 6.07 Å². The molecule has 5 heteroatoms. The van der Waals surface area contributed by atoms with Gasteiger partial charge in [0, 0.05) is 13.2 Å². The molecule has 1 N–H and O–H groups in total. The quantitative estimate of drug-likeness (QED) is 0.896. The van der Waals surface area contributed by atoms with Crippen molar-refractivity contribution in [2.75, 3.05) is 19.8 Å². The Morgan fingerprint density at radius 1 is 1.44 bits per heavy atom. The molecule has 18 heavy (non-hydrogen) atoms. The summed E-state index contributed by atoms with van der Waals surface area (Å²) in [5.74, 6) is -1.65. The third-order valence-electron chi connectivity index (χ3n) is 3.00. The van der Waals surface area contributed by atoms with Crippen molar-refractivity contribution in [3.05, 3.63) is 29.6 Å². The standard InChI is InChI=1S/C13H15FO4/c14-10-2-1-3-11(12(10)13(15)16)18-8-9-4-6-17-7-5-9/h1-3,9H,4-8H2,(H,15,16). The highest BCUT2D eigenvalue weighted by Gasteiger charge is 2.19. The molecule has 0 atom stereocenters. The first-order valence-electron chi connectivity index (χ1n) is 5.91. The summed E-state index contributed by atoms with van der Waals surface area (Å²) in [6.07, 6.45) is 1.77. The van der Waals surface area contributed by atoms with Crippen LogP contribution in [0.15, 0.2) is 18.2 Å². The van der Waals surface area contributed by atoms with Gasteiger partial charge < -0.3 is 14.6 Å². The van der Waals surface area contributed by atoms with E-state index in [1.54, 1.807) is 0 Å². The number of hydrogen-bond donors (Lipinski definition) is 1. The molecule has 0 spiro atoms. The Morgan fingerprint density at radius 3 is 2.83 bits per heavy atom. The van der Waals surface area contributed by atoms with E-state index in [0.717, 1.165) is 18.9 Å². The van der Waals surface area contributed by atoms with Gasteiger partial charge in [-0.3, -0.25) is 0 Å². The molecule has 1 saturated heterocycles. The number of carboxylic acids is 1. The predicted molar refractivity (Wildman–Crippen MR) is 62.4 cm³/mol. The van der Waals surface area contributed by atoms with Crippen molar-refractivity contribution in [1.82, 2.24) is 0 Å². The highest BCUT2D eigenvalue weighted by molar-refractivity contribution is 5.91. The van der Waals surface area contributed by atoms with Gasteiger partial charge in [0.05, 0.1) is 6.61 Å². The van der Waals surface area contributed by atoms with Crippen molar-refractivity contribution < 1.29 is 23.8 Å². The Bertz CT molecular complexity index is 427. The van der Waals surface area contributed by atoms with Crippen LogP contribution in [0, 0.1) is 11.7 Å².